The first-order valence-electron chi connectivity index (χ1n) is 11.4. The van der Waals surface area contributed by atoms with Crippen molar-refractivity contribution in [2.45, 2.75) is 68.2 Å². The van der Waals surface area contributed by atoms with E-state index in [9.17, 15) is 23.1 Å². The van der Waals surface area contributed by atoms with Gasteiger partial charge in [-0.2, -0.15) is 4.31 Å². The number of aliphatic hydroxyl groups excluding tert-OH is 1. The van der Waals surface area contributed by atoms with Gasteiger partial charge >= 0.3 is 6.03 Å². The number of benzene rings is 1. The summed E-state index contributed by atoms with van der Waals surface area (Å²) in [7, 11) is -4.05. The monoisotopic (exact) mass is 480 g/mol. The summed E-state index contributed by atoms with van der Waals surface area (Å²) in [5.74, 6) is -0.189. The molecular weight excluding hydrogens is 448 g/mol. The van der Waals surface area contributed by atoms with Crippen LogP contribution in [0.5, 0.6) is 5.75 Å². The molecule has 11 heteroatoms. The number of hydrogen-bond donors (Lipinski definition) is 3. The summed E-state index contributed by atoms with van der Waals surface area (Å²) in [6.07, 6.45) is 0.632. The van der Waals surface area contributed by atoms with Gasteiger partial charge in [0, 0.05) is 44.1 Å². The third kappa shape index (κ3) is 4.80. The zero-order valence-electron chi connectivity index (χ0n) is 19.0. The molecule has 0 saturated carbocycles. The lowest BCUT2D eigenvalue weighted by molar-refractivity contribution is -0.127. The van der Waals surface area contributed by atoms with E-state index in [1.807, 2.05) is 13.8 Å². The minimum absolute atomic E-state index is 0.00646. The first kappa shape index (κ1) is 23.8. The standard InChI is InChI=1S/C22H32N4O6S/c1-15(2)23-21(29)25-10-7-22(8-11-25)9-12-32-18-5-3-4-6-19(18)33(30,31)26-14-16(27)13-17(26)20(28)24-22/h3-6,15-17,27H,7-14H2,1-2H3,(H,23,29)(H,24,28)/t16-,17+/m1/s1. The maximum Gasteiger partial charge on any atom is 0.317 e. The molecule has 4 rings (SSSR count). The van der Waals surface area contributed by atoms with E-state index in [1.165, 1.54) is 6.07 Å². The van der Waals surface area contributed by atoms with Crippen LogP contribution in [0.4, 0.5) is 4.79 Å². The van der Waals surface area contributed by atoms with Crippen molar-refractivity contribution < 1.29 is 27.9 Å². The second-order valence-electron chi connectivity index (χ2n) is 9.39. The van der Waals surface area contributed by atoms with Gasteiger partial charge in [-0.15, -0.1) is 0 Å². The van der Waals surface area contributed by atoms with Crippen LogP contribution in [0.2, 0.25) is 0 Å². The topological polar surface area (TPSA) is 128 Å². The average molecular weight is 481 g/mol. The fourth-order valence-electron chi connectivity index (χ4n) is 4.81. The molecule has 0 aliphatic carbocycles. The Morgan fingerprint density at radius 2 is 1.94 bits per heavy atom. The minimum atomic E-state index is -4.05. The number of fused-ring (bicyclic) bond motifs is 2. The summed E-state index contributed by atoms with van der Waals surface area (Å²) < 4.78 is 33.8. The third-order valence-corrected chi connectivity index (χ3v) is 8.53. The lowest BCUT2D eigenvalue weighted by Crippen LogP contribution is -2.60. The van der Waals surface area contributed by atoms with Crippen molar-refractivity contribution in [1.29, 1.82) is 0 Å². The number of likely N-dealkylation sites (tertiary alicyclic amines) is 1. The molecule has 1 aromatic carbocycles. The summed E-state index contributed by atoms with van der Waals surface area (Å²) in [4.78, 5) is 27.5. The first-order valence-corrected chi connectivity index (χ1v) is 12.8. The first-order chi connectivity index (χ1) is 15.6. The van der Waals surface area contributed by atoms with Gasteiger partial charge in [-0.3, -0.25) is 4.79 Å². The number of urea groups is 1. The summed E-state index contributed by atoms with van der Waals surface area (Å²) in [6.45, 7) is 4.80. The number of piperidine rings is 1. The molecule has 1 aromatic rings. The SMILES string of the molecule is CC(C)NC(=O)N1CCC2(CCOc3ccccc3S(=O)(=O)N3C[C@H](O)C[C@H]3C(=O)N2)CC1. The zero-order chi connectivity index (χ0) is 23.8. The molecule has 2 atom stereocenters. The Bertz CT molecular complexity index is 1010. The molecule has 2 saturated heterocycles. The van der Waals surface area contributed by atoms with E-state index < -0.39 is 33.6 Å². The number of carbonyl (C=O) groups excluding carboxylic acids is 2. The van der Waals surface area contributed by atoms with Gasteiger partial charge in [-0.25, -0.2) is 13.2 Å². The smallest absolute Gasteiger partial charge is 0.317 e. The molecule has 3 amide bonds. The van der Waals surface area contributed by atoms with E-state index in [-0.39, 0.29) is 42.3 Å². The highest BCUT2D eigenvalue weighted by atomic mass is 32.2. The van der Waals surface area contributed by atoms with Crippen molar-refractivity contribution in [3.8, 4) is 5.75 Å². The Morgan fingerprint density at radius 1 is 1.24 bits per heavy atom. The highest BCUT2D eigenvalue weighted by molar-refractivity contribution is 7.89. The van der Waals surface area contributed by atoms with Gasteiger partial charge < -0.3 is 25.4 Å². The molecule has 3 N–H and O–H groups in total. The highest BCUT2D eigenvalue weighted by Gasteiger charge is 2.47. The van der Waals surface area contributed by atoms with Crippen molar-refractivity contribution in [2.24, 2.45) is 0 Å². The maximum atomic E-state index is 13.4. The van der Waals surface area contributed by atoms with Crippen LogP contribution >= 0.6 is 0 Å². The van der Waals surface area contributed by atoms with Gasteiger partial charge in [-0.05, 0) is 38.8 Å². The molecule has 10 nitrogen and oxygen atoms in total. The van der Waals surface area contributed by atoms with Crippen molar-refractivity contribution in [2.75, 3.05) is 26.2 Å². The Hall–Kier alpha value is -2.37. The number of ether oxygens (including phenoxy) is 1. The molecule has 0 radical (unpaired) electrons. The van der Waals surface area contributed by atoms with Crippen LogP contribution < -0.4 is 15.4 Å². The van der Waals surface area contributed by atoms with Crippen LogP contribution in [0.1, 0.15) is 39.5 Å². The molecule has 0 unspecified atom stereocenters. The molecule has 0 aromatic heterocycles. The number of nitrogens with zero attached hydrogens (tertiary/aromatic N) is 2. The van der Waals surface area contributed by atoms with E-state index in [0.29, 0.717) is 32.4 Å². The number of nitrogens with one attached hydrogen (secondary N) is 2. The molecule has 0 bridgehead atoms. The Kier molecular flexibility index (Phi) is 6.56. The molecule has 3 heterocycles. The van der Waals surface area contributed by atoms with E-state index in [4.69, 9.17) is 4.74 Å². The molecule has 3 aliphatic rings. The van der Waals surface area contributed by atoms with Crippen LogP contribution in [0.15, 0.2) is 29.2 Å². The third-order valence-electron chi connectivity index (χ3n) is 6.62. The van der Waals surface area contributed by atoms with Gasteiger partial charge in [0.15, 0.2) is 0 Å². The van der Waals surface area contributed by atoms with Gasteiger partial charge in [0.1, 0.15) is 16.7 Å². The average Bonchev–Trinajstić information content (AvgIpc) is 3.16. The van der Waals surface area contributed by atoms with Gasteiger partial charge in [-0.1, -0.05) is 12.1 Å². The number of aliphatic hydroxyl groups is 1. The van der Waals surface area contributed by atoms with E-state index in [0.717, 1.165) is 4.31 Å². The second kappa shape index (κ2) is 9.11. The predicted molar refractivity (Wildman–Crippen MR) is 120 cm³/mol. The minimum Gasteiger partial charge on any atom is -0.492 e. The zero-order valence-corrected chi connectivity index (χ0v) is 19.8. The van der Waals surface area contributed by atoms with Crippen molar-refractivity contribution in [3.63, 3.8) is 0 Å². The number of sulfonamides is 1. The normalized spacial score (nSPS) is 27.2. The lowest BCUT2D eigenvalue weighted by atomic mass is 9.84. The Labute approximate surface area is 194 Å². The molecule has 182 valence electrons. The van der Waals surface area contributed by atoms with Gasteiger partial charge in [0.05, 0.1) is 12.7 Å². The maximum absolute atomic E-state index is 13.4. The molecule has 1 spiro atoms. The number of para-hydroxylation sites is 1. The van der Waals surface area contributed by atoms with Crippen LogP contribution in [0.25, 0.3) is 0 Å². The Morgan fingerprint density at radius 3 is 2.64 bits per heavy atom. The van der Waals surface area contributed by atoms with Crippen LogP contribution in [-0.2, 0) is 14.8 Å². The summed E-state index contributed by atoms with van der Waals surface area (Å²) >= 11 is 0. The van der Waals surface area contributed by atoms with Gasteiger partial charge in [0.25, 0.3) is 0 Å². The molecule has 3 aliphatic heterocycles. The molecular formula is C22H32N4O6S. The van der Waals surface area contributed by atoms with Crippen LogP contribution in [0.3, 0.4) is 0 Å². The predicted octanol–water partition coefficient (Wildman–Crippen LogP) is 0.662. The van der Waals surface area contributed by atoms with Crippen LogP contribution in [-0.4, -0.2) is 84.6 Å². The van der Waals surface area contributed by atoms with E-state index in [1.54, 1.807) is 23.1 Å². The number of carbonyl (C=O) groups is 2. The summed E-state index contributed by atoms with van der Waals surface area (Å²) in [6, 6.07) is 5.27. The fraction of sp³-hybridized carbons (Fsp3) is 0.636. The molecule has 33 heavy (non-hydrogen) atoms. The lowest BCUT2D eigenvalue weighted by Gasteiger charge is -2.43. The summed E-state index contributed by atoms with van der Waals surface area (Å²) in [5.41, 5.74) is -0.631. The van der Waals surface area contributed by atoms with Gasteiger partial charge in [0.2, 0.25) is 15.9 Å². The van der Waals surface area contributed by atoms with E-state index >= 15 is 0 Å². The largest absolute Gasteiger partial charge is 0.492 e. The van der Waals surface area contributed by atoms with Crippen molar-refractivity contribution in [1.82, 2.24) is 19.8 Å². The highest BCUT2D eigenvalue weighted by Crippen LogP contribution is 2.34. The van der Waals surface area contributed by atoms with Crippen LogP contribution in [0, 0.1) is 0 Å². The number of hydrogen-bond acceptors (Lipinski definition) is 6. The quantitative estimate of drug-likeness (QED) is 0.542. The Balaban J connectivity index is 1.62. The molecule has 2 fully saturated rings. The number of rotatable bonds is 1. The van der Waals surface area contributed by atoms with Crippen molar-refractivity contribution >= 4 is 22.0 Å². The second-order valence-corrected chi connectivity index (χ2v) is 11.2. The summed E-state index contributed by atoms with van der Waals surface area (Å²) in [5, 5.41) is 16.2. The van der Waals surface area contributed by atoms with E-state index in [2.05, 4.69) is 10.6 Å². The number of amides is 3. The fourth-order valence-corrected chi connectivity index (χ4v) is 6.58. The van der Waals surface area contributed by atoms with Crippen molar-refractivity contribution in [3.05, 3.63) is 24.3 Å².